The quantitative estimate of drug-likeness (QED) is 0.253. The fourth-order valence-corrected chi connectivity index (χ4v) is 4.78. The Morgan fingerprint density at radius 1 is 0.946 bits per heavy atom. The first-order chi connectivity index (χ1) is 18.1. The van der Waals surface area contributed by atoms with Gasteiger partial charge in [-0.2, -0.15) is 0 Å². The molecule has 0 saturated carbocycles. The zero-order valence-corrected chi connectivity index (χ0v) is 21.1. The summed E-state index contributed by atoms with van der Waals surface area (Å²) in [6.07, 6.45) is 6.54. The average Bonchev–Trinajstić information content (AvgIpc) is 3.19. The Labute approximate surface area is 215 Å². The molecule has 1 amide bonds. The molecule has 0 aliphatic carbocycles. The molecule has 0 radical (unpaired) electrons. The van der Waals surface area contributed by atoms with Crippen molar-refractivity contribution in [1.82, 2.24) is 9.88 Å². The highest BCUT2D eigenvalue weighted by molar-refractivity contribution is 5.99. The molecule has 1 aliphatic rings. The van der Waals surface area contributed by atoms with E-state index in [1.54, 1.807) is 41.6 Å². The van der Waals surface area contributed by atoms with Crippen LogP contribution in [0.4, 0.5) is 0 Å². The molecule has 7 nitrogen and oxygen atoms in total. The number of unbranched alkanes of at least 4 members (excludes halogenated alkanes) is 2. The maximum absolute atomic E-state index is 13.7. The Bertz CT molecular complexity index is 1460. The summed E-state index contributed by atoms with van der Waals surface area (Å²) in [5, 5.41) is 0.450. The minimum absolute atomic E-state index is 0.0839. The molecule has 7 heteroatoms. The van der Waals surface area contributed by atoms with Gasteiger partial charge in [-0.1, -0.05) is 38.0 Å². The van der Waals surface area contributed by atoms with Crippen molar-refractivity contribution in [2.45, 2.75) is 45.7 Å². The lowest BCUT2D eigenvalue weighted by Gasteiger charge is -2.26. The number of para-hydroxylation sites is 1. The third-order valence-electron chi connectivity index (χ3n) is 6.56. The van der Waals surface area contributed by atoms with Gasteiger partial charge in [0.25, 0.3) is 5.91 Å². The number of hydrogen-bond donors (Lipinski definition) is 0. The molecule has 5 rings (SSSR count). The van der Waals surface area contributed by atoms with Gasteiger partial charge in [0.2, 0.25) is 5.76 Å². The number of rotatable bonds is 10. The highest BCUT2D eigenvalue weighted by Crippen LogP contribution is 2.41. The van der Waals surface area contributed by atoms with Gasteiger partial charge >= 0.3 is 0 Å². The van der Waals surface area contributed by atoms with Gasteiger partial charge in [0.05, 0.1) is 30.2 Å². The lowest BCUT2D eigenvalue weighted by molar-refractivity contribution is 0.0714. The first-order valence-electron chi connectivity index (χ1n) is 12.8. The molecule has 2 aromatic carbocycles. The first-order valence-corrected chi connectivity index (χ1v) is 12.8. The second-order valence-electron chi connectivity index (χ2n) is 9.06. The minimum Gasteiger partial charge on any atom is -0.490 e. The maximum atomic E-state index is 13.7. The topological polar surface area (TPSA) is 81.9 Å². The molecule has 2 aromatic heterocycles. The van der Waals surface area contributed by atoms with Gasteiger partial charge in [-0.15, -0.1) is 0 Å². The molecule has 0 fully saturated rings. The highest BCUT2D eigenvalue weighted by Gasteiger charge is 2.43. The van der Waals surface area contributed by atoms with Gasteiger partial charge in [-0.05, 0) is 60.9 Å². The fourth-order valence-electron chi connectivity index (χ4n) is 4.78. The van der Waals surface area contributed by atoms with Crippen molar-refractivity contribution in [3.05, 3.63) is 99.7 Å². The van der Waals surface area contributed by atoms with Crippen LogP contribution < -0.4 is 14.9 Å². The van der Waals surface area contributed by atoms with Crippen molar-refractivity contribution in [2.24, 2.45) is 0 Å². The van der Waals surface area contributed by atoms with Crippen LogP contribution in [-0.2, 0) is 6.54 Å². The van der Waals surface area contributed by atoms with Crippen LogP contribution in [0.3, 0.4) is 0 Å². The summed E-state index contributed by atoms with van der Waals surface area (Å²) in [7, 11) is 0. The molecule has 0 bridgehead atoms. The van der Waals surface area contributed by atoms with E-state index >= 15 is 0 Å². The predicted octanol–water partition coefficient (Wildman–Crippen LogP) is 5.90. The van der Waals surface area contributed by atoms with E-state index in [0.717, 1.165) is 30.4 Å². The van der Waals surface area contributed by atoms with Crippen LogP contribution >= 0.6 is 0 Å². The number of carbonyl (C=O) groups excluding carboxylic acids is 1. The van der Waals surface area contributed by atoms with Crippen molar-refractivity contribution in [2.75, 3.05) is 13.2 Å². The van der Waals surface area contributed by atoms with Crippen LogP contribution in [-0.4, -0.2) is 29.0 Å². The fraction of sp³-hybridized carbons (Fsp3) is 0.300. The molecule has 0 spiro atoms. The molecule has 1 atom stereocenters. The number of benzene rings is 2. The molecule has 1 aliphatic heterocycles. The van der Waals surface area contributed by atoms with E-state index in [2.05, 4.69) is 11.9 Å². The predicted molar refractivity (Wildman–Crippen MR) is 141 cm³/mol. The van der Waals surface area contributed by atoms with Gasteiger partial charge in [0, 0.05) is 18.9 Å². The van der Waals surface area contributed by atoms with Crippen LogP contribution in [0.25, 0.3) is 11.0 Å². The summed E-state index contributed by atoms with van der Waals surface area (Å²) in [6.45, 7) is 5.42. The van der Waals surface area contributed by atoms with Crippen molar-refractivity contribution in [1.29, 1.82) is 0 Å². The minimum atomic E-state index is -0.634. The molecule has 4 aromatic rings. The summed E-state index contributed by atoms with van der Waals surface area (Å²) in [6, 6.07) is 15.7. The smallest absolute Gasteiger partial charge is 0.291 e. The van der Waals surface area contributed by atoms with Crippen LogP contribution in [0.5, 0.6) is 11.5 Å². The molecule has 0 saturated heterocycles. The first kappa shape index (κ1) is 24.6. The third kappa shape index (κ3) is 4.81. The Morgan fingerprint density at radius 3 is 2.54 bits per heavy atom. The van der Waals surface area contributed by atoms with E-state index in [1.165, 1.54) is 0 Å². The molecule has 190 valence electrons. The number of pyridine rings is 1. The summed E-state index contributed by atoms with van der Waals surface area (Å²) >= 11 is 0. The maximum Gasteiger partial charge on any atom is 0.291 e. The van der Waals surface area contributed by atoms with Gasteiger partial charge in [0.15, 0.2) is 16.9 Å². The molecule has 37 heavy (non-hydrogen) atoms. The van der Waals surface area contributed by atoms with Gasteiger partial charge in [-0.3, -0.25) is 14.6 Å². The Hall–Kier alpha value is -4.13. The number of amides is 1. The van der Waals surface area contributed by atoms with E-state index < -0.39 is 6.04 Å². The van der Waals surface area contributed by atoms with E-state index in [9.17, 15) is 9.59 Å². The summed E-state index contributed by atoms with van der Waals surface area (Å²) < 4.78 is 18.0. The van der Waals surface area contributed by atoms with Gasteiger partial charge in [-0.25, -0.2) is 0 Å². The lowest BCUT2D eigenvalue weighted by atomic mass is 9.97. The van der Waals surface area contributed by atoms with Gasteiger partial charge in [0.1, 0.15) is 5.58 Å². The van der Waals surface area contributed by atoms with Crippen LogP contribution in [0, 0.1) is 0 Å². The largest absolute Gasteiger partial charge is 0.490 e. The number of carbonyl (C=O) groups is 1. The molecule has 3 heterocycles. The highest BCUT2D eigenvalue weighted by atomic mass is 16.5. The molecular formula is C30H30N2O5. The Balaban J connectivity index is 1.61. The number of ether oxygens (including phenoxy) is 2. The van der Waals surface area contributed by atoms with Crippen molar-refractivity contribution < 1.29 is 18.7 Å². The second-order valence-corrected chi connectivity index (χ2v) is 9.06. The molecule has 1 unspecified atom stereocenters. The number of fused-ring (bicyclic) bond motifs is 2. The Kier molecular flexibility index (Phi) is 7.21. The van der Waals surface area contributed by atoms with Crippen molar-refractivity contribution in [3.8, 4) is 11.5 Å². The standard InChI is InChI=1S/C30H30N2O5/c1-3-5-8-17-36-24-12-11-21(18-25(24)35-4-2)27-26-28(33)22-9-6-7-10-23(22)37-29(26)30(34)32(27)19-20-13-15-31-16-14-20/h6-7,9-16,18,27H,3-5,8,17,19H2,1-2H3. The van der Waals surface area contributed by atoms with E-state index in [4.69, 9.17) is 13.9 Å². The van der Waals surface area contributed by atoms with E-state index in [0.29, 0.717) is 47.8 Å². The SMILES string of the molecule is CCCCCOc1ccc(C2c3c(oc4ccccc4c3=O)C(=O)N2Cc2ccncc2)cc1OCC. The molecular weight excluding hydrogens is 468 g/mol. The number of hydrogen-bond acceptors (Lipinski definition) is 6. The van der Waals surface area contributed by atoms with E-state index in [-0.39, 0.29) is 17.1 Å². The third-order valence-corrected chi connectivity index (χ3v) is 6.56. The summed E-state index contributed by atoms with van der Waals surface area (Å²) in [4.78, 5) is 33.2. The number of nitrogens with zero attached hydrogens (tertiary/aromatic N) is 2. The Morgan fingerprint density at radius 2 is 1.76 bits per heavy atom. The van der Waals surface area contributed by atoms with Gasteiger partial charge < -0.3 is 18.8 Å². The zero-order valence-electron chi connectivity index (χ0n) is 21.1. The van der Waals surface area contributed by atoms with Crippen LogP contribution in [0.1, 0.15) is 66.4 Å². The van der Waals surface area contributed by atoms with Crippen molar-refractivity contribution in [3.63, 3.8) is 0 Å². The van der Waals surface area contributed by atoms with Crippen LogP contribution in [0.15, 0.2) is 76.2 Å². The second kappa shape index (κ2) is 10.9. The number of aromatic nitrogens is 1. The summed E-state index contributed by atoms with van der Waals surface area (Å²) in [5.41, 5.74) is 2.20. The van der Waals surface area contributed by atoms with Crippen LogP contribution in [0.2, 0.25) is 0 Å². The summed E-state index contributed by atoms with van der Waals surface area (Å²) in [5.74, 6) is 1.00. The van der Waals surface area contributed by atoms with E-state index in [1.807, 2.05) is 37.3 Å². The lowest BCUT2D eigenvalue weighted by Crippen LogP contribution is -2.29. The monoisotopic (exact) mass is 498 g/mol. The average molecular weight is 499 g/mol. The van der Waals surface area contributed by atoms with Crippen molar-refractivity contribution >= 4 is 16.9 Å². The normalized spacial score (nSPS) is 14.7. The molecule has 0 N–H and O–H groups in total. The zero-order chi connectivity index (χ0) is 25.8.